The molecule has 0 spiro atoms. The van der Waals surface area contributed by atoms with Crippen molar-refractivity contribution < 1.29 is 28.4 Å². The van der Waals surface area contributed by atoms with E-state index in [9.17, 15) is 28.4 Å². The highest BCUT2D eigenvalue weighted by Gasteiger charge is 2.38. The number of hydrogen-bond donors (Lipinski definition) is 7. The molecule has 0 radical (unpaired) electrons. The molecule has 0 bridgehead atoms. The van der Waals surface area contributed by atoms with Gasteiger partial charge in [-0.25, -0.2) is 4.39 Å². The minimum absolute atomic E-state index is 0.113. The van der Waals surface area contributed by atoms with Crippen LogP contribution in [0.15, 0.2) is 29.3 Å². The minimum atomic E-state index is -1.36. The van der Waals surface area contributed by atoms with E-state index in [0.717, 1.165) is 0 Å². The molecular formula is C29H45FN8O5. The Hall–Kier alpha value is -4.23. The third-order valence-corrected chi connectivity index (χ3v) is 7.19. The van der Waals surface area contributed by atoms with Crippen LogP contribution in [0.5, 0.6) is 0 Å². The molecule has 4 atom stereocenters. The van der Waals surface area contributed by atoms with E-state index in [1.165, 1.54) is 24.3 Å². The molecule has 1 aliphatic rings. The molecule has 1 heterocycles. The van der Waals surface area contributed by atoms with Gasteiger partial charge in [0.1, 0.15) is 29.5 Å². The summed E-state index contributed by atoms with van der Waals surface area (Å²) < 4.78 is 13.6. The Bertz CT molecular complexity index is 1170. The topological polar surface area (TPSA) is 210 Å². The Morgan fingerprint density at radius 2 is 1.67 bits per heavy atom. The van der Waals surface area contributed by atoms with Crippen molar-refractivity contribution >= 4 is 35.5 Å². The third-order valence-electron chi connectivity index (χ3n) is 7.19. The zero-order valence-corrected chi connectivity index (χ0v) is 25.3. The van der Waals surface area contributed by atoms with Gasteiger partial charge in [0.25, 0.3) is 0 Å². The maximum absolute atomic E-state index is 13.6. The van der Waals surface area contributed by atoms with Gasteiger partial charge < -0.3 is 38.1 Å². The smallest absolute Gasteiger partial charge is 0.247 e. The fraction of sp³-hybridized carbons (Fsp3) is 0.586. The number of guanidine groups is 1. The summed E-state index contributed by atoms with van der Waals surface area (Å²) in [5, 5.41) is 13.7. The van der Waals surface area contributed by atoms with Gasteiger partial charge in [0.05, 0.1) is 0 Å². The molecule has 0 saturated carbocycles. The van der Waals surface area contributed by atoms with Gasteiger partial charge in [-0.3, -0.25) is 29.0 Å². The molecule has 1 fully saturated rings. The molecule has 5 amide bonds. The first-order chi connectivity index (χ1) is 20.3. The van der Waals surface area contributed by atoms with Crippen molar-refractivity contribution in [2.45, 2.75) is 89.9 Å². The van der Waals surface area contributed by atoms with Crippen LogP contribution < -0.4 is 38.1 Å². The minimum Gasteiger partial charge on any atom is -0.370 e. The van der Waals surface area contributed by atoms with Gasteiger partial charge in [0, 0.05) is 19.0 Å². The highest BCUT2D eigenvalue weighted by atomic mass is 19.1. The average Bonchev–Trinajstić information content (AvgIpc) is 2.95. The molecule has 2 rings (SSSR count). The van der Waals surface area contributed by atoms with Crippen LogP contribution in [0.4, 0.5) is 4.39 Å². The van der Waals surface area contributed by atoms with E-state index in [1.54, 1.807) is 27.7 Å². The predicted molar refractivity (Wildman–Crippen MR) is 160 cm³/mol. The van der Waals surface area contributed by atoms with Gasteiger partial charge in [-0.15, -0.1) is 0 Å². The van der Waals surface area contributed by atoms with Crippen LogP contribution in [0, 0.1) is 11.7 Å². The summed E-state index contributed by atoms with van der Waals surface area (Å²) in [5.41, 5.74) is 9.81. The predicted octanol–water partition coefficient (Wildman–Crippen LogP) is 0.247. The molecule has 14 heteroatoms. The number of benzene rings is 1. The standard InChI is InChI=1S/C29H45FN8O5/c1-5-20-24(40)37-22(18-10-12-19(30)13-11-18)26(42)33-15-7-6-14-29(4,38-23(39)17(2)3)27(43)36-21(25(41)35-20)9-8-16-34-28(31)32/h10-13,17,20-22H,5-9,14-16H2,1-4H3,(H,33,42)(H,35,41)(H,36,43)(H,37,40)(H,38,39)(H4,31,32,34). The summed E-state index contributed by atoms with van der Waals surface area (Å²) in [6, 6.07) is 1.91. The molecular weight excluding hydrogens is 559 g/mol. The Labute approximate surface area is 251 Å². The summed E-state index contributed by atoms with van der Waals surface area (Å²) in [5.74, 6) is -3.68. The second-order valence-corrected chi connectivity index (χ2v) is 11.2. The number of amides is 5. The second kappa shape index (κ2) is 16.4. The summed E-state index contributed by atoms with van der Waals surface area (Å²) in [6.45, 7) is 7.11. The lowest BCUT2D eigenvalue weighted by atomic mass is 9.91. The molecule has 238 valence electrons. The van der Waals surface area contributed by atoms with Gasteiger partial charge in [-0.05, 0) is 63.1 Å². The highest BCUT2D eigenvalue weighted by Crippen LogP contribution is 2.18. The number of nitrogens with zero attached hydrogens (tertiary/aromatic N) is 1. The molecule has 9 N–H and O–H groups in total. The number of hydrogen-bond acceptors (Lipinski definition) is 6. The van der Waals surface area contributed by atoms with Gasteiger partial charge >= 0.3 is 0 Å². The Balaban J connectivity index is 2.43. The fourth-order valence-electron chi connectivity index (χ4n) is 4.48. The molecule has 1 saturated heterocycles. The number of aliphatic imine (C=N–C) groups is 1. The first-order valence-electron chi connectivity index (χ1n) is 14.6. The quantitative estimate of drug-likeness (QED) is 0.125. The van der Waals surface area contributed by atoms with Crippen LogP contribution in [0.1, 0.15) is 77.8 Å². The SMILES string of the molecule is CCC1NC(=O)C(CCCN=C(N)N)NC(=O)C(C)(NC(=O)C(C)C)CCCCNC(=O)C(c2ccc(F)cc2)NC1=O. The second-order valence-electron chi connectivity index (χ2n) is 11.2. The lowest BCUT2D eigenvalue weighted by molar-refractivity contribution is -0.137. The Morgan fingerprint density at radius 1 is 1.02 bits per heavy atom. The highest BCUT2D eigenvalue weighted by molar-refractivity contribution is 5.97. The van der Waals surface area contributed by atoms with Crippen molar-refractivity contribution in [3.8, 4) is 0 Å². The van der Waals surface area contributed by atoms with Gasteiger partial charge in [-0.2, -0.15) is 0 Å². The molecule has 0 aliphatic carbocycles. The molecule has 4 unspecified atom stereocenters. The Morgan fingerprint density at radius 3 is 2.28 bits per heavy atom. The number of nitrogens with one attached hydrogen (secondary N) is 5. The van der Waals surface area contributed by atoms with Gasteiger partial charge in [-0.1, -0.05) is 32.9 Å². The average molecular weight is 605 g/mol. The number of halogens is 1. The molecule has 1 aromatic rings. The van der Waals surface area contributed by atoms with Gasteiger partial charge in [0.2, 0.25) is 29.5 Å². The van der Waals surface area contributed by atoms with Crippen LogP contribution in [-0.4, -0.2) is 66.2 Å². The summed E-state index contributed by atoms with van der Waals surface area (Å²) >= 11 is 0. The van der Waals surface area contributed by atoms with Crippen LogP contribution >= 0.6 is 0 Å². The maximum Gasteiger partial charge on any atom is 0.247 e. The number of rotatable bonds is 8. The Kier molecular flexibility index (Phi) is 13.4. The first-order valence-corrected chi connectivity index (χ1v) is 14.6. The molecule has 13 nitrogen and oxygen atoms in total. The molecule has 0 aromatic heterocycles. The normalized spacial score (nSPS) is 24.3. The van der Waals surface area contributed by atoms with Crippen molar-refractivity contribution in [2.24, 2.45) is 22.4 Å². The van der Waals surface area contributed by atoms with E-state index < -0.39 is 59.0 Å². The monoisotopic (exact) mass is 604 g/mol. The lowest BCUT2D eigenvalue weighted by Gasteiger charge is -2.33. The van der Waals surface area contributed by atoms with Crippen molar-refractivity contribution in [3.05, 3.63) is 35.6 Å². The molecule has 1 aromatic carbocycles. The zero-order valence-electron chi connectivity index (χ0n) is 25.3. The van der Waals surface area contributed by atoms with E-state index in [-0.39, 0.29) is 44.2 Å². The van der Waals surface area contributed by atoms with E-state index in [2.05, 4.69) is 31.6 Å². The van der Waals surface area contributed by atoms with E-state index in [0.29, 0.717) is 24.8 Å². The van der Waals surface area contributed by atoms with Crippen LogP contribution in [0.3, 0.4) is 0 Å². The number of carbonyl (C=O) groups excluding carboxylic acids is 5. The zero-order chi connectivity index (χ0) is 32.2. The van der Waals surface area contributed by atoms with Crippen molar-refractivity contribution in [1.82, 2.24) is 26.6 Å². The van der Waals surface area contributed by atoms with Crippen molar-refractivity contribution in [3.63, 3.8) is 0 Å². The summed E-state index contributed by atoms with van der Waals surface area (Å²) in [4.78, 5) is 70.2. The van der Waals surface area contributed by atoms with Crippen molar-refractivity contribution in [2.75, 3.05) is 13.1 Å². The van der Waals surface area contributed by atoms with Crippen LogP contribution in [-0.2, 0) is 24.0 Å². The van der Waals surface area contributed by atoms with Crippen LogP contribution in [0.25, 0.3) is 0 Å². The maximum atomic E-state index is 13.6. The summed E-state index contributed by atoms with van der Waals surface area (Å²) in [7, 11) is 0. The molecule has 43 heavy (non-hydrogen) atoms. The fourth-order valence-corrected chi connectivity index (χ4v) is 4.48. The number of nitrogens with two attached hydrogens (primary N) is 2. The van der Waals surface area contributed by atoms with E-state index >= 15 is 0 Å². The summed E-state index contributed by atoms with van der Waals surface area (Å²) in [6.07, 6.45) is 1.77. The van der Waals surface area contributed by atoms with E-state index in [4.69, 9.17) is 11.5 Å². The largest absolute Gasteiger partial charge is 0.370 e. The third kappa shape index (κ3) is 10.8. The molecule has 1 aliphatic heterocycles. The van der Waals surface area contributed by atoms with E-state index in [1.807, 2.05) is 0 Å². The van der Waals surface area contributed by atoms with Gasteiger partial charge in [0.15, 0.2) is 5.96 Å². The first kappa shape index (κ1) is 35.0. The lowest BCUT2D eigenvalue weighted by Crippen LogP contribution is -2.62. The van der Waals surface area contributed by atoms with Crippen LogP contribution in [0.2, 0.25) is 0 Å². The van der Waals surface area contributed by atoms with Crippen molar-refractivity contribution in [1.29, 1.82) is 0 Å². The number of carbonyl (C=O) groups is 5.